The monoisotopic (exact) mass is 283 g/mol. The number of nitrogens with one attached hydrogen (secondary N) is 1. The lowest BCUT2D eigenvalue weighted by Gasteiger charge is -2.29. The average molecular weight is 283 g/mol. The Morgan fingerprint density at radius 1 is 1.25 bits per heavy atom. The first-order chi connectivity index (χ1) is 9.54. The minimum absolute atomic E-state index is 0.425. The third kappa shape index (κ3) is 5.08. The molecule has 118 valence electrons. The van der Waals surface area contributed by atoms with E-state index < -0.39 is 11.4 Å². The molecule has 0 aliphatic heterocycles. The van der Waals surface area contributed by atoms with Gasteiger partial charge in [-0.05, 0) is 38.5 Å². The number of hydrogen-bond acceptors (Lipinski definition) is 2. The first-order valence-electron chi connectivity index (χ1n) is 8.51. The van der Waals surface area contributed by atoms with E-state index in [1.165, 1.54) is 44.9 Å². The Hall–Kier alpha value is -0.570. The highest BCUT2D eigenvalue weighted by Gasteiger charge is 2.34. The van der Waals surface area contributed by atoms with Crippen molar-refractivity contribution >= 4 is 5.97 Å². The molecule has 0 spiro atoms. The van der Waals surface area contributed by atoms with Crippen LogP contribution in [0.4, 0.5) is 0 Å². The normalized spacial score (nSPS) is 18.9. The van der Waals surface area contributed by atoms with Gasteiger partial charge in [0.25, 0.3) is 0 Å². The van der Waals surface area contributed by atoms with Crippen molar-refractivity contribution in [2.45, 2.75) is 84.6 Å². The zero-order chi connectivity index (χ0) is 15.0. The standard InChI is InChI=1S/C17H33NO2/c1-4-17(5-2,16(19)20)13-18-14(3)11-12-15-9-7-6-8-10-15/h14-15,18H,4-13H2,1-3H3,(H,19,20). The fourth-order valence-corrected chi connectivity index (χ4v) is 3.31. The van der Waals surface area contributed by atoms with Crippen molar-refractivity contribution in [2.24, 2.45) is 11.3 Å². The summed E-state index contributed by atoms with van der Waals surface area (Å²) in [5.74, 6) is 0.254. The van der Waals surface area contributed by atoms with Crippen LogP contribution in [0, 0.1) is 11.3 Å². The van der Waals surface area contributed by atoms with E-state index in [1.54, 1.807) is 0 Å². The van der Waals surface area contributed by atoms with Gasteiger partial charge in [0.15, 0.2) is 0 Å². The van der Waals surface area contributed by atoms with Gasteiger partial charge in [0.2, 0.25) is 0 Å². The summed E-state index contributed by atoms with van der Waals surface area (Å²) in [6.07, 6.45) is 10.9. The van der Waals surface area contributed by atoms with Gasteiger partial charge >= 0.3 is 5.97 Å². The molecule has 1 saturated carbocycles. The second-order valence-electron chi connectivity index (χ2n) is 6.66. The predicted octanol–water partition coefficient (Wildman–Crippen LogP) is 4.22. The Morgan fingerprint density at radius 2 is 1.85 bits per heavy atom. The van der Waals surface area contributed by atoms with Crippen molar-refractivity contribution in [1.29, 1.82) is 0 Å². The molecule has 2 N–H and O–H groups in total. The zero-order valence-electron chi connectivity index (χ0n) is 13.6. The molecule has 1 atom stereocenters. The first kappa shape index (κ1) is 17.5. The largest absolute Gasteiger partial charge is 0.481 e. The summed E-state index contributed by atoms with van der Waals surface area (Å²) < 4.78 is 0. The van der Waals surface area contributed by atoms with E-state index in [1.807, 2.05) is 13.8 Å². The van der Waals surface area contributed by atoms with E-state index in [0.29, 0.717) is 25.4 Å². The number of hydrogen-bond donors (Lipinski definition) is 2. The highest BCUT2D eigenvalue weighted by atomic mass is 16.4. The summed E-state index contributed by atoms with van der Waals surface area (Å²) in [6, 6.07) is 0.425. The summed E-state index contributed by atoms with van der Waals surface area (Å²) in [4.78, 5) is 11.5. The van der Waals surface area contributed by atoms with E-state index in [4.69, 9.17) is 0 Å². The molecule has 0 aromatic rings. The number of aliphatic carboxylic acids is 1. The lowest BCUT2D eigenvalue weighted by Crippen LogP contribution is -2.43. The van der Waals surface area contributed by atoms with Gasteiger partial charge in [0.05, 0.1) is 5.41 Å². The maximum Gasteiger partial charge on any atom is 0.310 e. The molecule has 0 bridgehead atoms. The zero-order valence-corrected chi connectivity index (χ0v) is 13.6. The molecule has 0 heterocycles. The summed E-state index contributed by atoms with van der Waals surface area (Å²) in [7, 11) is 0. The summed E-state index contributed by atoms with van der Waals surface area (Å²) in [5, 5.41) is 12.9. The number of rotatable bonds is 9. The predicted molar refractivity (Wildman–Crippen MR) is 83.9 cm³/mol. The molecule has 0 saturated heterocycles. The number of carboxylic acids is 1. The molecule has 1 fully saturated rings. The second kappa shape index (κ2) is 8.66. The molecule has 3 nitrogen and oxygen atoms in total. The lowest BCUT2D eigenvalue weighted by molar-refractivity contribution is -0.149. The second-order valence-corrected chi connectivity index (χ2v) is 6.66. The van der Waals surface area contributed by atoms with E-state index in [2.05, 4.69) is 12.2 Å². The fraction of sp³-hybridized carbons (Fsp3) is 0.941. The lowest BCUT2D eigenvalue weighted by atomic mass is 9.82. The van der Waals surface area contributed by atoms with Gasteiger partial charge in [-0.15, -0.1) is 0 Å². The Labute approximate surface area is 124 Å². The minimum Gasteiger partial charge on any atom is -0.481 e. The van der Waals surface area contributed by atoms with Crippen LogP contribution in [0.25, 0.3) is 0 Å². The maximum atomic E-state index is 11.5. The van der Waals surface area contributed by atoms with Gasteiger partial charge in [-0.3, -0.25) is 4.79 Å². The summed E-state index contributed by atoms with van der Waals surface area (Å²) >= 11 is 0. The third-order valence-electron chi connectivity index (χ3n) is 5.33. The van der Waals surface area contributed by atoms with Gasteiger partial charge < -0.3 is 10.4 Å². The van der Waals surface area contributed by atoms with Crippen molar-refractivity contribution in [2.75, 3.05) is 6.54 Å². The van der Waals surface area contributed by atoms with Gasteiger partial charge in [-0.2, -0.15) is 0 Å². The first-order valence-corrected chi connectivity index (χ1v) is 8.51. The Balaban J connectivity index is 2.30. The molecule has 1 unspecified atom stereocenters. The maximum absolute atomic E-state index is 11.5. The van der Waals surface area contributed by atoms with Crippen LogP contribution in [0.1, 0.15) is 78.6 Å². The van der Waals surface area contributed by atoms with E-state index in [-0.39, 0.29) is 0 Å². The van der Waals surface area contributed by atoms with Crippen LogP contribution in [0.3, 0.4) is 0 Å². The molecule has 1 aliphatic rings. The number of carboxylic acid groups (broad SMARTS) is 1. The van der Waals surface area contributed by atoms with Crippen LogP contribution in [0.2, 0.25) is 0 Å². The highest BCUT2D eigenvalue weighted by molar-refractivity contribution is 5.74. The van der Waals surface area contributed by atoms with Crippen molar-refractivity contribution < 1.29 is 9.90 Å². The van der Waals surface area contributed by atoms with Crippen LogP contribution < -0.4 is 5.32 Å². The van der Waals surface area contributed by atoms with Crippen LogP contribution in [0.5, 0.6) is 0 Å². The molecular weight excluding hydrogens is 250 g/mol. The molecule has 0 radical (unpaired) electrons. The van der Waals surface area contributed by atoms with Crippen LogP contribution in [-0.4, -0.2) is 23.7 Å². The SMILES string of the molecule is CCC(CC)(CNC(C)CCC1CCCCC1)C(=O)O. The molecule has 0 amide bonds. The van der Waals surface area contributed by atoms with Crippen molar-refractivity contribution in [3.8, 4) is 0 Å². The topological polar surface area (TPSA) is 49.3 Å². The molecule has 1 rings (SSSR count). The quantitative estimate of drug-likeness (QED) is 0.666. The molecule has 0 aromatic carbocycles. The van der Waals surface area contributed by atoms with Crippen LogP contribution >= 0.6 is 0 Å². The fourth-order valence-electron chi connectivity index (χ4n) is 3.31. The average Bonchev–Trinajstić information content (AvgIpc) is 2.47. The Kier molecular flexibility index (Phi) is 7.57. The van der Waals surface area contributed by atoms with Gasteiger partial charge in [-0.25, -0.2) is 0 Å². The molecule has 3 heteroatoms. The molecular formula is C17H33NO2. The van der Waals surface area contributed by atoms with E-state index >= 15 is 0 Å². The Morgan fingerprint density at radius 3 is 2.35 bits per heavy atom. The Bertz CT molecular complexity index is 281. The number of carbonyl (C=O) groups is 1. The van der Waals surface area contributed by atoms with E-state index in [0.717, 1.165) is 5.92 Å². The van der Waals surface area contributed by atoms with Crippen molar-refractivity contribution in [3.05, 3.63) is 0 Å². The van der Waals surface area contributed by atoms with Crippen LogP contribution in [-0.2, 0) is 4.79 Å². The molecule has 0 aromatic heterocycles. The van der Waals surface area contributed by atoms with Gasteiger partial charge in [0, 0.05) is 12.6 Å². The van der Waals surface area contributed by atoms with Gasteiger partial charge in [-0.1, -0.05) is 46.0 Å². The smallest absolute Gasteiger partial charge is 0.310 e. The third-order valence-corrected chi connectivity index (χ3v) is 5.33. The summed E-state index contributed by atoms with van der Waals surface area (Å²) in [6.45, 7) is 6.75. The van der Waals surface area contributed by atoms with Crippen molar-refractivity contribution in [3.63, 3.8) is 0 Å². The van der Waals surface area contributed by atoms with Crippen LogP contribution in [0.15, 0.2) is 0 Å². The van der Waals surface area contributed by atoms with Gasteiger partial charge in [0.1, 0.15) is 0 Å². The van der Waals surface area contributed by atoms with Crippen molar-refractivity contribution in [1.82, 2.24) is 5.32 Å². The minimum atomic E-state index is -0.658. The molecule has 20 heavy (non-hydrogen) atoms. The summed E-state index contributed by atoms with van der Waals surface area (Å²) in [5.41, 5.74) is -0.584. The van der Waals surface area contributed by atoms with E-state index in [9.17, 15) is 9.90 Å². The highest BCUT2D eigenvalue weighted by Crippen LogP contribution is 2.28. The molecule has 1 aliphatic carbocycles.